The molecule has 1 aliphatic rings. The van der Waals surface area contributed by atoms with E-state index in [-0.39, 0.29) is 5.91 Å². The third-order valence-corrected chi connectivity index (χ3v) is 5.07. The van der Waals surface area contributed by atoms with Crippen molar-refractivity contribution in [3.8, 4) is 11.5 Å². The van der Waals surface area contributed by atoms with Crippen LogP contribution in [0.25, 0.3) is 0 Å². The Balaban J connectivity index is 1.66. The lowest BCUT2D eigenvalue weighted by atomic mass is 9.92. The van der Waals surface area contributed by atoms with Crippen LogP contribution in [0.5, 0.6) is 11.5 Å². The van der Waals surface area contributed by atoms with Gasteiger partial charge in [-0.3, -0.25) is 9.89 Å². The maximum atomic E-state index is 12.9. The molecule has 1 saturated heterocycles. The highest BCUT2D eigenvalue weighted by Gasteiger charge is 2.27. The number of nitrogens with zero attached hydrogens (tertiary/aromatic N) is 2. The Morgan fingerprint density at radius 1 is 1.19 bits per heavy atom. The largest absolute Gasteiger partial charge is 0.497 e. The Morgan fingerprint density at radius 3 is 2.50 bits per heavy atom. The van der Waals surface area contributed by atoms with Crippen molar-refractivity contribution in [1.82, 2.24) is 15.1 Å². The first-order valence-electron chi connectivity index (χ1n) is 9.10. The first-order chi connectivity index (χ1) is 12.5. The Kier molecular flexibility index (Phi) is 5.49. The molecule has 0 atom stereocenters. The van der Waals surface area contributed by atoms with Gasteiger partial charge in [-0.1, -0.05) is 13.8 Å². The summed E-state index contributed by atoms with van der Waals surface area (Å²) in [5, 5.41) is 7.57. The molecular formula is C20H27N3O3. The van der Waals surface area contributed by atoms with E-state index in [1.54, 1.807) is 32.4 Å². The minimum absolute atomic E-state index is 0.00966. The Hall–Kier alpha value is -2.50. The van der Waals surface area contributed by atoms with Crippen LogP contribution in [0, 0.1) is 0 Å². The van der Waals surface area contributed by atoms with Crippen LogP contribution < -0.4 is 9.47 Å². The molecule has 0 aliphatic carbocycles. The molecule has 26 heavy (non-hydrogen) atoms. The van der Waals surface area contributed by atoms with Gasteiger partial charge in [-0.25, -0.2) is 0 Å². The van der Waals surface area contributed by atoms with Crippen molar-refractivity contribution in [1.29, 1.82) is 0 Å². The van der Waals surface area contributed by atoms with E-state index < -0.39 is 0 Å². The highest BCUT2D eigenvalue weighted by molar-refractivity contribution is 5.97. The number of aromatic amines is 1. The molecule has 3 rings (SSSR count). The second-order valence-electron chi connectivity index (χ2n) is 7.04. The number of rotatable bonds is 5. The van der Waals surface area contributed by atoms with Gasteiger partial charge < -0.3 is 14.4 Å². The average Bonchev–Trinajstić information content (AvgIpc) is 3.17. The van der Waals surface area contributed by atoms with Crippen LogP contribution in [0.2, 0.25) is 0 Å². The van der Waals surface area contributed by atoms with Crippen LogP contribution >= 0.6 is 0 Å². The van der Waals surface area contributed by atoms with E-state index in [1.165, 1.54) is 5.69 Å². The number of ether oxygens (including phenoxy) is 2. The van der Waals surface area contributed by atoms with Crippen LogP contribution in [0.1, 0.15) is 60.3 Å². The standard InChI is InChI=1S/C20H27N3O3/c1-13(2)17-12-18(22-21-17)14-7-9-23(10-8-14)20(24)16-6-5-15(25-3)11-19(16)26-4/h5-6,11-14H,7-10H2,1-4H3,(H,21,22). The van der Waals surface area contributed by atoms with Gasteiger partial charge in [0.15, 0.2) is 0 Å². The van der Waals surface area contributed by atoms with Crippen molar-refractivity contribution in [2.24, 2.45) is 0 Å². The van der Waals surface area contributed by atoms with E-state index in [0.29, 0.717) is 28.9 Å². The van der Waals surface area contributed by atoms with Gasteiger partial charge in [-0.05, 0) is 37.0 Å². The van der Waals surface area contributed by atoms with Crippen LogP contribution in [-0.4, -0.2) is 48.3 Å². The maximum absolute atomic E-state index is 12.9. The minimum atomic E-state index is 0.00966. The number of nitrogens with one attached hydrogen (secondary N) is 1. The van der Waals surface area contributed by atoms with Crippen molar-refractivity contribution in [3.63, 3.8) is 0 Å². The zero-order valence-electron chi connectivity index (χ0n) is 15.9. The number of carbonyl (C=O) groups excluding carboxylic acids is 1. The Bertz CT molecular complexity index is 761. The molecule has 2 heterocycles. The summed E-state index contributed by atoms with van der Waals surface area (Å²) in [6.45, 7) is 5.75. The fourth-order valence-electron chi connectivity index (χ4n) is 3.40. The molecule has 0 radical (unpaired) electrons. The zero-order chi connectivity index (χ0) is 18.7. The van der Waals surface area contributed by atoms with Gasteiger partial charge in [0, 0.05) is 30.8 Å². The van der Waals surface area contributed by atoms with Crippen molar-refractivity contribution in [2.75, 3.05) is 27.3 Å². The fourth-order valence-corrected chi connectivity index (χ4v) is 3.40. The lowest BCUT2D eigenvalue weighted by Gasteiger charge is -2.31. The second kappa shape index (κ2) is 7.81. The van der Waals surface area contributed by atoms with Gasteiger partial charge in [0.1, 0.15) is 11.5 Å². The smallest absolute Gasteiger partial charge is 0.257 e. The molecule has 1 aliphatic heterocycles. The second-order valence-corrected chi connectivity index (χ2v) is 7.04. The summed E-state index contributed by atoms with van der Waals surface area (Å²) in [6, 6.07) is 7.48. The van der Waals surface area contributed by atoms with Crippen molar-refractivity contribution in [2.45, 2.75) is 38.5 Å². The SMILES string of the molecule is COc1ccc(C(=O)N2CCC(c3cc(C(C)C)n[nH]3)CC2)c(OC)c1. The lowest BCUT2D eigenvalue weighted by molar-refractivity contribution is 0.0708. The van der Waals surface area contributed by atoms with Crippen LogP contribution in [0.15, 0.2) is 24.3 Å². The molecule has 6 heteroatoms. The first-order valence-corrected chi connectivity index (χ1v) is 9.10. The number of hydrogen-bond acceptors (Lipinski definition) is 4. The van der Waals surface area contributed by atoms with Gasteiger partial charge in [0.05, 0.1) is 25.5 Å². The third-order valence-electron chi connectivity index (χ3n) is 5.07. The number of piperidine rings is 1. The highest BCUT2D eigenvalue weighted by atomic mass is 16.5. The molecule has 0 unspecified atom stereocenters. The molecule has 1 fully saturated rings. The predicted molar refractivity (Wildman–Crippen MR) is 100 cm³/mol. The van der Waals surface area contributed by atoms with Gasteiger partial charge in [0.25, 0.3) is 5.91 Å². The third kappa shape index (κ3) is 3.69. The van der Waals surface area contributed by atoms with Crippen molar-refractivity contribution >= 4 is 5.91 Å². The highest BCUT2D eigenvalue weighted by Crippen LogP contribution is 2.31. The monoisotopic (exact) mass is 357 g/mol. The lowest BCUT2D eigenvalue weighted by Crippen LogP contribution is -2.38. The van der Waals surface area contributed by atoms with E-state index in [4.69, 9.17) is 9.47 Å². The number of carbonyl (C=O) groups is 1. The van der Waals surface area contributed by atoms with Crippen LogP contribution in [0.3, 0.4) is 0 Å². The molecule has 1 N–H and O–H groups in total. The summed E-state index contributed by atoms with van der Waals surface area (Å²) >= 11 is 0. The number of aromatic nitrogens is 2. The van der Waals surface area contributed by atoms with Gasteiger partial charge in [0.2, 0.25) is 0 Å². The van der Waals surface area contributed by atoms with Gasteiger partial charge in [-0.2, -0.15) is 5.10 Å². The van der Waals surface area contributed by atoms with Crippen molar-refractivity contribution in [3.05, 3.63) is 41.2 Å². The number of hydrogen-bond donors (Lipinski definition) is 1. The number of benzene rings is 1. The number of methoxy groups -OCH3 is 2. The molecule has 1 amide bonds. The molecular weight excluding hydrogens is 330 g/mol. The number of likely N-dealkylation sites (tertiary alicyclic amines) is 1. The molecule has 2 aromatic rings. The molecule has 0 spiro atoms. The predicted octanol–water partition coefficient (Wildman–Crippen LogP) is 3.57. The number of H-pyrrole nitrogens is 1. The Morgan fingerprint density at radius 2 is 1.92 bits per heavy atom. The van der Waals surface area contributed by atoms with Gasteiger partial charge in [-0.15, -0.1) is 0 Å². The molecule has 140 valence electrons. The first kappa shape index (κ1) is 18.3. The quantitative estimate of drug-likeness (QED) is 0.888. The molecule has 6 nitrogen and oxygen atoms in total. The fraction of sp³-hybridized carbons (Fsp3) is 0.500. The summed E-state index contributed by atoms with van der Waals surface area (Å²) < 4.78 is 10.6. The average molecular weight is 357 g/mol. The van der Waals surface area contributed by atoms with Crippen LogP contribution in [0.4, 0.5) is 0 Å². The van der Waals surface area contributed by atoms with E-state index in [0.717, 1.165) is 31.6 Å². The normalized spacial score (nSPS) is 15.3. The summed E-state index contributed by atoms with van der Waals surface area (Å²) in [5.41, 5.74) is 2.86. The van der Waals surface area contributed by atoms with E-state index in [9.17, 15) is 4.79 Å². The van der Waals surface area contributed by atoms with Gasteiger partial charge >= 0.3 is 0 Å². The molecule has 1 aromatic heterocycles. The molecule has 1 aromatic carbocycles. The van der Waals surface area contributed by atoms with E-state index >= 15 is 0 Å². The number of amides is 1. The summed E-state index contributed by atoms with van der Waals surface area (Å²) in [4.78, 5) is 14.8. The maximum Gasteiger partial charge on any atom is 0.257 e. The topological polar surface area (TPSA) is 67.5 Å². The summed E-state index contributed by atoms with van der Waals surface area (Å²) in [7, 11) is 3.17. The van der Waals surface area contributed by atoms with Crippen LogP contribution in [-0.2, 0) is 0 Å². The summed E-state index contributed by atoms with van der Waals surface area (Å²) in [5.74, 6) is 2.08. The zero-order valence-corrected chi connectivity index (χ0v) is 15.9. The Labute approximate surface area is 154 Å². The van der Waals surface area contributed by atoms with E-state index in [1.807, 2.05) is 4.90 Å². The summed E-state index contributed by atoms with van der Waals surface area (Å²) in [6.07, 6.45) is 1.87. The molecule has 0 bridgehead atoms. The molecule has 0 saturated carbocycles. The van der Waals surface area contributed by atoms with Crippen molar-refractivity contribution < 1.29 is 14.3 Å². The minimum Gasteiger partial charge on any atom is -0.497 e. The van der Waals surface area contributed by atoms with E-state index in [2.05, 4.69) is 30.1 Å².